The second-order valence-electron chi connectivity index (χ2n) is 13.3. The van der Waals surface area contributed by atoms with Crippen molar-refractivity contribution in [3.63, 3.8) is 0 Å². The van der Waals surface area contributed by atoms with Crippen molar-refractivity contribution in [1.82, 2.24) is 0 Å². The molecule has 0 aliphatic carbocycles. The Morgan fingerprint density at radius 1 is 0.426 bits per heavy atom. The van der Waals surface area contributed by atoms with Crippen LogP contribution in [0.15, 0.2) is 109 Å². The van der Waals surface area contributed by atoms with Crippen LogP contribution < -0.4 is 0 Å². The predicted octanol–water partition coefficient (Wildman–Crippen LogP) is 13.2. The van der Waals surface area contributed by atoms with E-state index in [0.29, 0.717) is 19.3 Å². The average Bonchev–Trinajstić information content (AvgIpc) is 3.17. The van der Waals surface area contributed by atoms with Gasteiger partial charge in [0.25, 0.3) is 0 Å². The Morgan fingerprint density at radius 2 is 0.907 bits per heavy atom. The molecule has 0 heterocycles. The van der Waals surface area contributed by atoms with E-state index in [1.807, 2.05) is 60.8 Å². The third-order valence-electron chi connectivity index (χ3n) is 8.15. The molecule has 6 nitrogen and oxygen atoms in total. The average molecular weight is 747 g/mol. The molecule has 0 fully saturated rings. The Kier molecular flexibility index (Phi) is 38.8. The van der Waals surface area contributed by atoms with Crippen LogP contribution in [0.3, 0.4) is 0 Å². The molecule has 1 atom stereocenters. The van der Waals surface area contributed by atoms with Crippen LogP contribution in [0.5, 0.6) is 0 Å². The summed E-state index contributed by atoms with van der Waals surface area (Å²) < 4.78 is 16.4. The van der Waals surface area contributed by atoms with Crippen LogP contribution in [0, 0.1) is 0 Å². The molecule has 0 saturated heterocycles. The number of esters is 3. The number of unbranched alkanes of at least 4 members (excludes halogenated alkanes) is 11. The van der Waals surface area contributed by atoms with E-state index >= 15 is 0 Å². The molecule has 0 amide bonds. The molecule has 302 valence electrons. The van der Waals surface area contributed by atoms with Crippen LogP contribution in [0.4, 0.5) is 0 Å². The highest BCUT2D eigenvalue weighted by atomic mass is 16.6. The van der Waals surface area contributed by atoms with E-state index in [0.717, 1.165) is 57.8 Å². The van der Waals surface area contributed by atoms with Crippen molar-refractivity contribution in [3.8, 4) is 0 Å². The summed E-state index contributed by atoms with van der Waals surface area (Å²) in [6.07, 6.45) is 55.5. The Bertz CT molecular complexity index is 1180. The zero-order valence-corrected chi connectivity index (χ0v) is 34.2. The lowest BCUT2D eigenvalue weighted by Crippen LogP contribution is -2.30. The molecule has 0 N–H and O–H groups in total. The highest BCUT2D eigenvalue weighted by Gasteiger charge is 2.19. The van der Waals surface area contributed by atoms with Crippen molar-refractivity contribution in [2.75, 3.05) is 13.2 Å². The largest absolute Gasteiger partial charge is 0.462 e. The Balaban J connectivity index is 4.61. The number of rotatable bonds is 35. The fourth-order valence-corrected chi connectivity index (χ4v) is 5.05. The van der Waals surface area contributed by atoms with Crippen LogP contribution in [0.1, 0.15) is 156 Å². The summed E-state index contributed by atoms with van der Waals surface area (Å²) in [5.74, 6) is -1.18. The van der Waals surface area contributed by atoms with Gasteiger partial charge >= 0.3 is 17.9 Å². The normalized spacial score (nSPS) is 13.2. The van der Waals surface area contributed by atoms with E-state index < -0.39 is 18.0 Å². The second-order valence-corrected chi connectivity index (χ2v) is 13.3. The first-order valence-electron chi connectivity index (χ1n) is 21.0. The molecule has 6 heteroatoms. The first-order valence-corrected chi connectivity index (χ1v) is 21.0. The first-order chi connectivity index (χ1) is 26.5. The van der Waals surface area contributed by atoms with Crippen molar-refractivity contribution >= 4 is 17.9 Å². The molecule has 54 heavy (non-hydrogen) atoms. The lowest BCUT2D eigenvalue weighted by molar-refractivity contribution is -0.166. The van der Waals surface area contributed by atoms with Gasteiger partial charge in [-0.05, 0) is 70.6 Å². The standard InChI is InChI=1S/C48H74O6/c1-4-7-10-13-16-19-21-23-25-26-29-32-35-38-41-47(50)53-44-45(43-52-46(49)40-37-34-31-28-18-15-12-9-6-3)54-48(51)42-39-36-33-30-27-24-22-20-17-14-11-8-5-2/h8-9,11-12,14,17-18,20,22,24-28,30,33-34,37,45H,4-7,10,13,15-16,19,21,23,29,31-32,35-36,38-44H2,1-3H3/b11-8-,12-9-,17-14-,22-20-,26-25-,27-24-,28-18-,33-30-,37-34-. The van der Waals surface area contributed by atoms with Crippen LogP contribution in [-0.2, 0) is 28.6 Å². The molecule has 0 aromatic heterocycles. The maximum absolute atomic E-state index is 12.6. The summed E-state index contributed by atoms with van der Waals surface area (Å²) >= 11 is 0. The summed E-state index contributed by atoms with van der Waals surface area (Å²) in [5.41, 5.74) is 0. The molecule has 0 spiro atoms. The second kappa shape index (κ2) is 41.8. The fourth-order valence-electron chi connectivity index (χ4n) is 5.05. The summed E-state index contributed by atoms with van der Waals surface area (Å²) in [6, 6.07) is 0. The summed E-state index contributed by atoms with van der Waals surface area (Å²) in [4.78, 5) is 37.5. The molecule has 0 aliphatic heterocycles. The van der Waals surface area contributed by atoms with Crippen molar-refractivity contribution in [3.05, 3.63) is 109 Å². The minimum atomic E-state index is -0.855. The monoisotopic (exact) mass is 747 g/mol. The summed E-state index contributed by atoms with van der Waals surface area (Å²) in [7, 11) is 0. The third kappa shape index (κ3) is 39.3. The maximum Gasteiger partial charge on any atom is 0.309 e. The summed E-state index contributed by atoms with van der Waals surface area (Å²) in [6.45, 7) is 6.15. The molecule has 0 aliphatic rings. The Labute approximate surface area is 330 Å². The molecule has 0 bridgehead atoms. The lowest BCUT2D eigenvalue weighted by atomic mass is 10.1. The third-order valence-corrected chi connectivity index (χ3v) is 8.15. The minimum Gasteiger partial charge on any atom is -0.462 e. The van der Waals surface area contributed by atoms with Crippen molar-refractivity contribution < 1.29 is 28.6 Å². The molecule has 1 unspecified atom stereocenters. The van der Waals surface area contributed by atoms with Gasteiger partial charge in [0.1, 0.15) is 13.2 Å². The molecule has 0 radical (unpaired) electrons. The molecule has 0 saturated carbocycles. The number of carbonyl (C=O) groups excluding carboxylic acids is 3. The number of carbonyl (C=O) groups is 3. The van der Waals surface area contributed by atoms with Gasteiger partial charge in [-0.1, -0.05) is 175 Å². The van der Waals surface area contributed by atoms with Gasteiger partial charge in [0.15, 0.2) is 6.10 Å². The highest BCUT2D eigenvalue weighted by Crippen LogP contribution is 2.11. The smallest absolute Gasteiger partial charge is 0.309 e. The van der Waals surface area contributed by atoms with Gasteiger partial charge in [-0.2, -0.15) is 0 Å². The molecule has 0 aromatic carbocycles. The molecular weight excluding hydrogens is 673 g/mol. The van der Waals surface area contributed by atoms with E-state index in [1.165, 1.54) is 44.9 Å². The van der Waals surface area contributed by atoms with Crippen molar-refractivity contribution in [2.45, 2.75) is 162 Å². The lowest BCUT2D eigenvalue weighted by Gasteiger charge is -2.18. The fraction of sp³-hybridized carbons (Fsp3) is 0.562. The number of hydrogen-bond donors (Lipinski definition) is 0. The SMILES string of the molecule is CC\C=C/C=C\C=C/C=C\C=C/CCCC(=O)OC(COC(=O)C/C=C\C/C=C\C/C=C\CC)COC(=O)CCCCC/C=C\CCCCCCCCC. The van der Waals surface area contributed by atoms with E-state index in [2.05, 4.69) is 63.3 Å². The van der Waals surface area contributed by atoms with Crippen LogP contribution in [0.25, 0.3) is 0 Å². The van der Waals surface area contributed by atoms with Gasteiger partial charge in [0.05, 0.1) is 6.42 Å². The van der Waals surface area contributed by atoms with Gasteiger partial charge in [-0.25, -0.2) is 0 Å². The van der Waals surface area contributed by atoms with E-state index in [4.69, 9.17) is 14.2 Å². The Morgan fingerprint density at radius 3 is 1.54 bits per heavy atom. The number of ether oxygens (including phenoxy) is 3. The van der Waals surface area contributed by atoms with E-state index in [-0.39, 0.29) is 32.0 Å². The summed E-state index contributed by atoms with van der Waals surface area (Å²) in [5, 5.41) is 0. The van der Waals surface area contributed by atoms with Gasteiger partial charge in [-0.3, -0.25) is 14.4 Å². The zero-order valence-electron chi connectivity index (χ0n) is 34.2. The zero-order chi connectivity index (χ0) is 39.4. The van der Waals surface area contributed by atoms with E-state index in [1.54, 1.807) is 6.08 Å². The van der Waals surface area contributed by atoms with Crippen molar-refractivity contribution in [2.24, 2.45) is 0 Å². The number of hydrogen-bond acceptors (Lipinski definition) is 6. The molecule has 0 aromatic rings. The van der Waals surface area contributed by atoms with Crippen LogP contribution in [0.2, 0.25) is 0 Å². The van der Waals surface area contributed by atoms with E-state index in [9.17, 15) is 14.4 Å². The topological polar surface area (TPSA) is 78.9 Å². The van der Waals surface area contributed by atoms with Gasteiger partial charge < -0.3 is 14.2 Å². The van der Waals surface area contributed by atoms with Crippen molar-refractivity contribution in [1.29, 1.82) is 0 Å². The minimum absolute atomic E-state index is 0.113. The first kappa shape index (κ1) is 50.1. The Hall–Kier alpha value is -3.93. The highest BCUT2D eigenvalue weighted by molar-refractivity contribution is 5.72. The number of allylic oxidation sites excluding steroid dienone is 17. The molecular formula is C48H74O6. The maximum atomic E-state index is 12.6. The van der Waals surface area contributed by atoms with Gasteiger partial charge in [0.2, 0.25) is 0 Å². The van der Waals surface area contributed by atoms with Crippen LogP contribution >= 0.6 is 0 Å². The molecule has 0 rings (SSSR count). The quantitative estimate of drug-likeness (QED) is 0.0211. The predicted molar refractivity (Wildman–Crippen MR) is 228 cm³/mol. The van der Waals surface area contributed by atoms with Crippen LogP contribution in [-0.4, -0.2) is 37.2 Å². The van der Waals surface area contributed by atoms with Gasteiger partial charge in [-0.15, -0.1) is 0 Å². The van der Waals surface area contributed by atoms with Gasteiger partial charge in [0, 0.05) is 12.8 Å².